The number of hydrogen-bond donors (Lipinski definition) is 3. The fourth-order valence-corrected chi connectivity index (χ4v) is 2.03. The van der Waals surface area contributed by atoms with Gasteiger partial charge in [-0.3, -0.25) is 4.79 Å². The number of nitrogens with zero attached hydrogens (tertiary/aromatic N) is 1. The Morgan fingerprint density at radius 1 is 1.40 bits per heavy atom. The number of imidazole rings is 1. The molecule has 0 saturated heterocycles. The van der Waals surface area contributed by atoms with Crippen LogP contribution in [0.1, 0.15) is 24.4 Å². The number of carbonyl (C=O) groups excluding carboxylic acids is 1. The lowest BCUT2D eigenvalue weighted by Crippen LogP contribution is -2.36. The number of hydrogen-bond acceptors (Lipinski definition) is 3. The first-order chi connectivity index (χ1) is 9.68. The summed E-state index contributed by atoms with van der Waals surface area (Å²) in [5.41, 5.74) is 7.10. The van der Waals surface area contributed by atoms with Gasteiger partial charge < -0.3 is 16.0 Å². The van der Waals surface area contributed by atoms with Crippen molar-refractivity contribution in [2.24, 2.45) is 11.7 Å². The molecular weight excluding hydrogens is 252 g/mol. The molecule has 0 bridgehead atoms. The Kier molecular flexibility index (Phi) is 4.90. The van der Waals surface area contributed by atoms with Crippen molar-refractivity contribution < 1.29 is 4.79 Å². The average Bonchev–Trinajstić information content (AvgIpc) is 2.99. The van der Waals surface area contributed by atoms with E-state index >= 15 is 0 Å². The van der Waals surface area contributed by atoms with Crippen LogP contribution in [-0.2, 0) is 11.2 Å². The highest BCUT2D eigenvalue weighted by Crippen LogP contribution is 2.18. The van der Waals surface area contributed by atoms with Crippen LogP contribution in [0.15, 0.2) is 42.7 Å². The van der Waals surface area contributed by atoms with Crippen LogP contribution in [0, 0.1) is 5.92 Å². The van der Waals surface area contributed by atoms with Crippen molar-refractivity contribution >= 4 is 5.91 Å². The topological polar surface area (TPSA) is 83.8 Å². The zero-order valence-electron chi connectivity index (χ0n) is 11.5. The summed E-state index contributed by atoms with van der Waals surface area (Å²) in [7, 11) is 0. The summed E-state index contributed by atoms with van der Waals surface area (Å²) in [6.45, 7) is 2.40. The largest absolute Gasteiger partial charge is 0.355 e. The highest BCUT2D eigenvalue weighted by Gasteiger charge is 2.21. The van der Waals surface area contributed by atoms with E-state index in [1.54, 1.807) is 12.4 Å². The molecule has 0 aliphatic carbocycles. The quantitative estimate of drug-likeness (QED) is 0.743. The molecule has 106 valence electrons. The van der Waals surface area contributed by atoms with Crippen LogP contribution in [0.3, 0.4) is 0 Å². The van der Waals surface area contributed by atoms with E-state index < -0.39 is 0 Å². The number of aromatic amines is 1. The summed E-state index contributed by atoms with van der Waals surface area (Å²) in [6.07, 6.45) is 4.15. The van der Waals surface area contributed by atoms with Gasteiger partial charge in [0.05, 0.1) is 5.92 Å². The van der Waals surface area contributed by atoms with Gasteiger partial charge >= 0.3 is 0 Å². The number of nitrogens with one attached hydrogen (secondary N) is 2. The summed E-state index contributed by atoms with van der Waals surface area (Å²) in [4.78, 5) is 19.2. The molecule has 4 N–H and O–H groups in total. The summed E-state index contributed by atoms with van der Waals surface area (Å²) in [6, 6.07) is 9.38. The third kappa shape index (κ3) is 3.68. The van der Waals surface area contributed by atoms with E-state index in [1.165, 1.54) is 0 Å². The first kappa shape index (κ1) is 14.3. The van der Waals surface area contributed by atoms with Gasteiger partial charge in [-0.15, -0.1) is 0 Å². The lowest BCUT2D eigenvalue weighted by atomic mass is 9.95. The van der Waals surface area contributed by atoms with Gasteiger partial charge in [0.1, 0.15) is 5.82 Å². The number of rotatable bonds is 6. The average molecular weight is 272 g/mol. The zero-order valence-corrected chi connectivity index (χ0v) is 11.5. The monoisotopic (exact) mass is 272 g/mol. The molecule has 2 aromatic rings. The van der Waals surface area contributed by atoms with Crippen LogP contribution in [0.25, 0.3) is 0 Å². The molecule has 0 saturated carbocycles. The Hall–Kier alpha value is -2.14. The van der Waals surface area contributed by atoms with Crippen molar-refractivity contribution in [3.8, 4) is 0 Å². The molecule has 2 atom stereocenters. The highest BCUT2D eigenvalue weighted by molar-refractivity contribution is 5.79. The first-order valence-corrected chi connectivity index (χ1v) is 6.75. The maximum atomic E-state index is 12.1. The van der Waals surface area contributed by atoms with Crippen molar-refractivity contribution in [2.75, 3.05) is 6.54 Å². The van der Waals surface area contributed by atoms with Gasteiger partial charge in [0, 0.05) is 31.4 Å². The van der Waals surface area contributed by atoms with Gasteiger partial charge in [0.15, 0.2) is 0 Å². The molecule has 5 nitrogen and oxygen atoms in total. The molecule has 5 heteroatoms. The second kappa shape index (κ2) is 6.86. The van der Waals surface area contributed by atoms with Gasteiger partial charge in [-0.1, -0.05) is 37.3 Å². The number of nitrogens with two attached hydrogens (primary N) is 1. The van der Waals surface area contributed by atoms with Crippen LogP contribution in [0.4, 0.5) is 0 Å². The SMILES string of the molecule is CC(C(=O)NCCc1ncc[nH]1)C(N)c1ccccc1. The van der Waals surface area contributed by atoms with E-state index in [0.29, 0.717) is 13.0 Å². The van der Waals surface area contributed by atoms with Gasteiger partial charge in [-0.2, -0.15) is 0 Å². The zero-order chi connectivity index (χ0) is 14.4. The maximum Gasteiger partial charge on any atom is 0.224 e. The van der Waals surface area contributed by atoms with Crippen LogP contribution < -0.4 is 11.1 Å². The van der Waals surface area contributed by atoms with Crippen molar-refractivity contribution in [1.29, 1.82) is 0 Å². The van der Waals surface area contributed by atoms with Gasteiger partial charge in [0.25, 0.3) is 0 Å². The smallest absolute Gasteiger partial charge is 0.224 e. The second-order valence-corrected chi connectivity index (χ2v) is 4.80. The van der Waals surface area contributed by atoms with E-state index in [1.807, 2.05) is 37.3 Å². The number of aromatic nitrogens is 2. The Labute approximate surface area is 118 Å². The third-order valence-corrected chi connectivity index (χ3v) is 3.35. The molecule has 0 radical (unpaired) electrons. The summed E-state index contributed by atoms with van der Waals surface area (Å²) < 4.78 is 0. The second-order valence-electron chi connectivity index (χ2n) is 4.80. The van der Waals surface area contributed by atoms with Gasteiger partial charge in [0.2, 0.25) is 5.91 Å². The van der Waals surface area contributed by atoms with Crippen LogP contribution >= 0.6 is 0 Å². The lowest BCUT2D eigenvalue weighted by Gasteiger charge is -2.19. The number of amides is 1. The molecule has 0 fully saturated rings. The molecular formula is C15H20N4O. The first-order valence-electron chi connectivity index (χ1n) is 6.75. The predicted octanol–water partition coefficient (Wildman–Crippen LogP) is 1.40. The Morgan fingerprint density at radius 3 is 2.80 bits per heavy atom. The van der Waals surface area contributed by atoms with Crippen molar-refractivity contribution in [3.05, 3.63) is 54.1 Å². The van der Waals surface area contributed by atoms with Crippen LogP contribution in [0.5, 0.6) is 0 Å². The molecule has 0 aliphatic heterocycles. The fraction of sp³-hybridized carbons (Fsp3) is 0.333. The predicted molar refractivity (Wildman–Crippen MR) is 77.8 cm³/mol. The lowest BCUT2D eigenvalue weighted by molar-refractivity contribution is -0.125. The summed E-state index contributed by atoms with van der Waals surface area (Å²) >= 11 is 0. The number of carbonyl (C=O) groups is 1. The van der Waals surface area contributed by atoms with E-state index in [9.17, 15) is 4.79 Å². The molecule has 20 heavy (non-hydrogen) atoms. The van der Waals surface area contributed by atoms with E-state index in [-0.39, 0.29) is 17.9 Å². The minimum atomic E-state index is -0.292. The molecule has 2 rings (SSSR count). The fourth-order valence-electron chi connectivity index (χ4n) is 2.03. The molecule has 1 amide bonds. The van der Waals surface area contributed by atoms with Crippen LogP contribution in [-0.4, -0.2) is 22.4 Å². The molecule has 0 spiro atoms. The standard InChI is InChI=1S/C15H20N4O/c1-11(14(16)12-5-3-2-4-6-12)15(20)19-8-7-13-17-9-10-18-13/h2-6,9-11,14H,7-8,16H2,1H3,(H,17,18)(H,19,20). The molecule has 1 aromatic heterocycles. The number of H-pyrrole nitrogens is 1. The summed E-state index contributed by atoms with van der Waals surface area (Å²) in [5.74, 6) is 0.562. The molecule has 1 aromatic carbocycles. The molecule has 0 aliphatic rings. The van der Waals surface area contributed by atoms with E-state index in [4.69, 9.17) is 5.73 Å². The van der Waals surface area contributed by atoms with Crippen molar-refractivity contribution in [3.63, 3.8) is 0 Å². The van der Waals surface area contributed by atoms with E-state index in [2.05, 4.69) is 15.3 Å². The molecule has 2 unspecified atom stereocenters. The Bertz CT molecular complexity index is 524. The maximum absolute atomic E-state index is 12.1. The summed E-state index contributed by atoms with van der Waals surface area (Å²) in [5, 5.41) is 2.89. The molecule has 1 heterocycles. The van der Waals surface area contributed by atoms with Crippen molar-refractivity contribution in [1.82, 2.24) is 15.3 Å². The Balaban J connectivity index is 1.82. The minimum absolute atomic E-state index is 0.0343. The van der Waals surface area contributed by atoms with Crippen molar-refractivity contribution in [2.45, 2.75) is 19.4 Å². The van der Waals surface area contributed by atoms with E-state index in [0.717, 1.165) is 11.4 Å². The normalized spacial score (nSPS) is 13.7. The number of benzene rings is 1. The highest BCUT2D eigenvalue weighted by atomic mass is 16.1. The van der Waals surface area contributed by atoms with Gasteiger partial charge in [-0.25, -0.2) is 4.98 Å². The minimum Gasteiger partial charge on any atom is -0.355 e. The van der Waals surface area contributed by atoms with Gasteiger partial charge in [-0.05, 0) is 5.56 Å². The third-order valence-electron chi connectivity index (χ3n) is 3.35. The van der Waals surface area contributed by atoms with Crippen LogP contribution in [0.2, 0.25) is 0 Å². The Morgan fingerprint density at radius 2 is 2.15 bits per heavy atom.